The molecule has 3 N–H and O–H groups in total. The largest absolute Gasteiger partial charge is 0.459 e. The van der Waals surface area contributed by atoms with Crippen LogP contribution in [0.1, 0.15) is 34.8 Å². The highest BCUT2D eigenvalue weighted by atomic mass is 35.5. The van der Waals surface area contributed by atoms with Gasteiger partial charge in [-0.25, -0.2) is 0 Å². The first-order valence-electron chi connectivity index (χ1n) is 8.00. The summed E-state index contributed by atoms with van der Waals surface area (Å²) in [7, 11) is 1.51. The van der Waals surface area contributed by atoms with Gasteiger partial charge in [0.25, 0.3) is 11.8 Å². The number of hydrogen-bond acceptors (Lipinski definition) is 4. The minimum Gasteiger partial charge on any atom is -0.459 e. The molecule has 2 rings (SSSR count). The van der Waals surface area contributed by atoms with Crippen molar-refractivity contribution in [3.8, 4) is 0 Å². The Bertz CT molecular complexity index is 803. The van der Waals surface area contributed by atoms with Gasteiger partial charge in [-0.1, -0.05) is 25.4 Å². The van der Waals surface area contributed by atoms with Crippen molar-refractivity contribution < 1.29 is 18.8 Å². The fraction of sp³-hybridized carbons (Fsp3) is 0.278. The summed E-state index contributed by atoms with van der Waals surface area (Å²) in [6.45, 7) is 3.60. The summed E-state index contributed by atoms with van der Waals surface area (Å²) >= 11 is 6.11. The van der Waals surface area contributed by atoms with Crippen molar-refractivity contribution in [1.29, 1.82) is 0 Å². The van der Waals surface area contributed by atoms with E-state index in [0.29, 0.717) is 5.56 Å². The maximum atomic E-state index is 12.6. The predicted molar refractivity (Wildman–Crippen MR) is 98.3 cm³/mol. The molecule has 7 nitrogen and oxygen atoms in total. The molecule has 1 atom stereocenters. The first-order valence-corrected chi connectivity index (χ1v) is 8.38. The summed E-state index contributed by atoms with van der Waals surface area (Å²) < 4.78 is 5.04. The molecule has 0 aliphatic heterocycles. The highest BCUT2D eigenvalue weighted by molar-refractivity contribution is 6.34. The molecular formula is C18H20ClN3O4. The van der Waals surface area contributed by atoms with E-state index in [1.165, 1.54) is 31.5 Å². The number of benzene rings is 1. The van der Waals surface area contributed by atoms with Crippen molar-refractivity contribution >= 4 is 35.0 Å². The van der Waals surface area contributed by atoms with Crippen LogP contribution in [-0.4, -0.2) is 30.8 Å². The Morgan fingerprint density at radius 2 is 1.85 bits per heavy atom. The van der Waals surface area contributed by atoms with Crippen molar-refractivity contribution in [1.82, 2.24) is 10.6 Å². The zero-order chi connectivity index (χ0) is 19.3. The number of carbonyl (C=O) groups is 3. The molecule has 0 radical (unpaired) electrons. The van der Waals surface area contributed by atoms with Crippen LogP contribution in [0.2, 0.25) is 5.02 Å². The smallest absolute Gasteiger partial charge is 0.287 e. The average Bonchev–Trinajstić information content (AvgIpc) is 3.15. The molecule has 1 heterocycles. The Balaban J connectivity index is 2.17. The third kappa shape index (κ3) is 4.64. The molecule has 1 aromatic heterocycles. The van der Waals surface area contributed by atoms with Crippen LogP contribution in [0, 0.1) is 5.92 Å². The third-order valence-electron chi connectivity index (χ3n) is 3.69. The van der Waals surface area contributed by atoms with E-state index in [-0.39, 0.29) is 28.3 Å². The van der Waals surface area contributed by atoms with E-state index in [0.717, 1.165) is 0 Å². The summed E-state index contributed by atoms with van der Waals surface area (Å²) in [5.74, 6) is -1.31. The standard InChI is InChI=1S/C18H20ClN3O4/c1-10(2)15(22-17(24)14-5-4-8-26-14)18(25)21-13-9-11(16(23)20-3)6-7-12(13)19/h4-10,15H,1-3H3,(H,20,23)(H,21,25)(H,22,24). The molecule has 1 aromatic carbocycles. The normalized spacial score (nSPS) is 11.7. The van der Waals surface area contributed by atoms with Crippen molar-refractivity contribution in [2.75, 3.05) is 12.4 Å². The predicted octanol–water partition coefficient (Wildman–Crippen LogP) is 2.69. The molecule has 0 fully saturated rings. The lowest BCUT2D eigenvalue weighted by atomic mass is 10.0. The van der Waals surface area contributed by atoms with Crippen LogP contribution >= 0.6 is 11.6 Å². The number of hydrogen-bond donors (Lipinski definition) is 3. The van der Waals surface area contributed by atoms with Crippen LogP contribution in [0.15, 0.2) is 41.0 Å². The first-order chi connectivity index (χ1) is 12.3. The first kappa shape index (κ1) is 19.5. The van der Waals surface area contributed by atoms with E-state index in [2.05, 4.69) is 16.0 Å². The summed E-state index contributed by atoms with van der Waals surface area (Å²) in [6.07, 6.45) is 1.38. The molecule has 0 bridgehead atoms. The summed E-state index contributed by atoms with van der Waals surface area (Å²) in [5, 5.41) is 8.09. The van der Waals surface area contributed by atoms with Gasteiger partial charge in [-0.3, -0.25) is 14.4 Å². The molecule has 3 amide bonds. The van der Waals surface area contributed by atoms with Crippen molar-refractivity contribution in [3.05, 3.63) is 52.9 Å². The van der Waals surface area contributed by atoms with E-state index in [9.17, 15) is 14.4 Å². The lowest BCUT2D eigenvalue weighted by Crippen LogP contribution is -2.47. The summed E-state index contributed by atoms with van der Waals surface area (Å²) in [4.78, 5) is 36.6. The Kier molecular flexibility index (Phi) is 6.41. The van der Waals surface area contributed by atoms with Gasteiger partial charge in [-0.05, 0) is 36.2 Å². The molecule has 8 heteroatoms. The lowest BCUT2D eigenvalue weighted by Gasteiger charge is -2.21. The zero-order valence-corrected chi connectivity index (χ0v) is 15.4. The molecule has 0 saturated carbocycles. The fourth-order valence-electron chi connectivity index (χ4n) is 2.27. The van der Waals surface area contributed by atoms with Gasteiger partial charge in [0.1, 0.15) is 6.04 Å². The highest BCUT2D eigenvalue weighted by Gasteiger charge is 2.26. The monoisotopic (exact) mass is 377 g/mol. The van der Waals surface area contributed by atoms with Gasteiger partial charge >= 0.3 is 0 Å². The molecule has 1 unspecified atom stereocenters. The van der Waals surface area contributed by atoms with Gasteiger partial charge in [-0.2, -0.15) is 0 Å². The minimum absolute atomic E-state index is 0.114. The van der Waals surface area contributed by atoms with E-state index in [1.807, 2.05) is 0 Å². The quantitative estimate of drug-likeness (QED) is 0.720. The molecule has 0 aliphatic carbocycles. The second-order valence-corrected chi connectivity index (χ2v) is 6.34. The van der Waals surface area contributed by atoms with Gasteiger partial charge in [0.15, 0.2) is 5.76 Å². The van der Waals surface area contributed by atoms with Gasteiger partial charge < -0.3 is 20.4 Å². The van der Waals surface area contributed by atoms with Crippen LogP contribution in [-0.2, 0) is 4.79 Å². The maximum Gasteiger partial charge on any atom is 0.287 e. The van der Waals surface area contributed by atoms with Gasteiger partial charge in [0, 0.05) is 12.6 Å². The van der Waals surface area contributed by atoms with Crippen LogP contribution in [0.3, 0.4) is 0 Å². The van der Waals surface area contributed by atoms with Crippen LogP contribution in [0.5, 0.6) is 0 Å². The van der Waals surface area contributed by atoms with Crippen LogP contribution < -0.4 is 16.0 Å². The average molecular weight is 378 g/mol. The van der Waals surface area contributed by atoms with Gasteiger partial charge in [0.05, 0.1) is 17.0 Å². The number of halogens is 1. The summed E-state index contributed by atoms with van der Waals surface area (Å²) in [6, 6.07) is 6.83. The Labute approximate surface area is 156 Å². The topological polar surface area (TPSA) is 100 Å². The minimum atomic E-state index is -0.813. The molecular weight excluding hydrogens is 358 g/mol. The SMILES string of the molecule is CNC(=O)c1ccc(Cl)c(NC(=O)C(NC(=O)c2ccco2)C(C)C)c1. The summed E-state index contributed by atoms with van der Waals surface area (Å²) in [5.41, 5.74) is 0.642. The maximum absolute atomic E-state index is 12.6. The third-order valence-corrected chi connectivity index (χ3v) is 4.02. The Morgan fingerprint density at radius 3 is 2.42 bits per heavy atom. The number of amides is 3. The van der Waals surface area contributed by atoms with Crippen molar-refractivity contribution in [2.24, 2.45) is 5.92 Å². The number of furan rings is 1. The zero-order valence-electron chi connectivity index (χ0n) is 14.6. The number of anilines is 1. The van der Waals surface area contributed by atoms with Crippen molar-refractivity contribution in [2.45, 2.75) is 19.9 Å². The second kappa shape index (κ2) is 8.53. The van der Waals surface area contributed by atoms with Gasteiger partial charge in [-0.15, -0.1) is 0 Å². The molecule has 0 aliphatic rings. The van der Waals surface area contributed by atoms with E-state index in [1.54, 1.807) is 26.0 Å². The number of rotatable bonds is 6. The van der Waals surface area contributed by atoms with Crippen molar-refractivity contribution in [3.63, 3.8) is 0 Å². The van der Waals surface area contributed by atoms with Crippen LogP contribution in [0.4, 0.5) is 5.69 Å². The van der Waals surface area contributed by atoms with E-state index < -0.39 is 17.9 Å². The van der Waals surface area contributed by atoms with E-state index in [4.69, 9.17) is 16.0 Å². The van der Waals surface area contributed by atoms with E-state index >= 15 is 0 Å². The number of nitrogens with one attached hydrogen (secondary N) is 3. The molecule has 138 valence electrons. The highest BCUT2D eigenvalue weighted by Crippen LogP contribution is 2.24. The second-order valence-electron chi connectivity index (χ2n) is 5.94. The lowest BCUT2D eigenvalue weighted by molar-refractivity contribution is -0.118. The molecule has 0 spiro atoms. The van der Waals surface area contributed by atoms with Crippen LogP contribution in [0.25, 0.3) is 0 Å². The van der Waals surface area contributed by atoms with Gasteiger partial charge in [0.2, 0.25) is 5.91 Å². The molecule has 2 aromatic rings. The fourth-order valence-corrected chi connectivity index (χ4v) is 2.44. The molecule has 0 saturated heterocycles. The Hall–Kier alpha value is -2.80. The number of carbonyl (C=O) groups excluding carboxylic acids is 3. The Morgan fingerprint density at radius 1 is 1.12 bits per heavy atom. The molecule has 26 heavy (non-hydrogen) atoms.